The molecule has 0 aliphatic rings. The Morgan fingerprint density at radius 1 is 0.878 bits per heavy atom. The predicted octanol–water partition coefficient (Wildman–Crippen LogP) is 4.99. The lowest BCUT2D eigenvalue weighted by Crippen LogP contribution is -2.34. The van der Waals surface area contributed by atoms with Crippen molar-refractivity contribution in [2.24, 2.45) is 0 Å². The molecule has 11 heteroatoms. The molecule has 41 heavy (non-hydrogen) atoms. The van der Waals surface area contributed by atoms with Crippen molar-refractivity contribution < 1.29 is 19.1 Å². The topological polar surface area (TPSA) is 131 Å². The maximum atomic E-state index is 12.1. The van der Waals surface area contributed by atoms with Crippen molar-refractivity contribution in [3.63, 3.8) is 0 Å². The van der Waals surface area contributed by atoms with Gasteiger partial charge in [0.1, 0.15) is 17.5 Å². The van der Waals surface area contributed by atoms with Gasteiger partial charge in [0.15, 0.2) is 5.82 Å². The summed E-state index contributed by atoms with van der Waals surface area (Å²) in [5.41, 5.74) is 2.48. The first-order valence-electron chi connectivity index (χ1n) is 13.5. The van der Waals surface area contributed by atoms with Crippen molar-refractivity contribution >= 4 is 29.4 Å². The minimum atomic E-state index is -0.535. The Morgan fingerprint density at radius 3 is 2.32 bits per heavy atom. The minimum absolute atomic E-state index is 0.194. The normalized spacial score (nSPS) is 11.6. The maximum absolute atomic E-state index is 12.1. The van der Waals surface area contributed by atoms with Crippen molar-refractivity contribution in [2.75, 3.05) is 37.3 Å². The summed E-state index contributed by atoms with van der Waals surface area (Å²) in [4.78, 5) is 39.1. The third-order valence-corrected chi connectivity index (χ3v) is 5.27. The molecular weight excluding hydrogens is 522 g/mol. The van der Waals surface area contributed by atoms with Crippen LogP contribution in [0.15, 0.2) is 54.9 Å². The van der Waals surface area contributed by atoms with E-state index >= 15 is 0 Å². The second-order valence-corrected chi connectivity index (χ2v) is 11.7. The van der Waals surface area contributed by atoms with Crippen LogP contribution in [0, 0.1) is 0 Å². The van der Waals surface area contributed by atoms with Crippen LogP contribution < -0.4 is 16.0 Å². The van der Waals surface area contributed by atoms with E-state index < -0.39 is 17.3 Å². The number of hydrogen-bond acceptors (Lipinski definition) is 10. The molecule has 3 rings (SSSR count). The zero-order chi connectivity index (χ0) is 30.0. The molecule has 2 aromatic carbocycles. The molecule has 3 aromatic rings. The van der Waals surface area contributed by atoms with Crippen molar-refractivity contribution in [2.45, 2.75) is 59.3 Å². The largest absolute Gasteiger partial charge is 0.459 e. The molecule has 0 bridgehead atoms. The second-order valence-electron chi connectivity index (χ2n) is 11.7. The maximum Gasteiger partial charge on any atom is 0.407 e. The number of alkyl carbamates (subject to hydrolysis) is 1. The zero-order valence-corrected chi connectivity index (χ0v) is 24.9. The number of carbonyl (C=O) groups excluding carboxylic acids is 2. The quantitative estimate of drug-likeness (QED) is 0.217. The van der Waals surface area contributed by atoms with Crippen LogP contribution in [0.2, 0.25) is 0 Å². The Morgan fingerprint density at radius 2 is 1.59 bits per heavy atom. The van der Waals surface area contributed by atoms with Gasteiger partial charge in [-0.25, -0.2) is 14.8 Å². The molecule has 0 saturated heterocycles. The Bertz CT molecular complexity index is 1320. The summed E-state index contributed by atoms with van der Waals surface area (Å²) in [6.45, 7) is 12.7. The summed E-state index contributed by atoms with van der Waals surface area (Å²) in [6.07, 6.45) is 1.02. The summed E-state index contributed by atoms with van der Waals surface area (Å²) in [5.74, 6) is 0.671. The van der Waals surface area contributed by atoms with Crippen LogP contribution in [0.5, 0.6) is 0 Å². The van der Waals surface area contributed by atoms with E-state index in [0.717, 1.165) is 22.5 Å². The highest BCUT2D eigenvalue weighted by Crippen LogP contribution is 2.21. The fourth-order valence-corrected chi connectivity index (χ4v) is 3.79. The van der Waals surface area contributed by atoms with E-state index in [1.165, 1.54) is 6.33 Å². The van der Waals surface area contributed by atoms with Gasteiger partial charge in [-0.15, -0.1) is 0 Å². The fourth-order valence-electron chi connectivity index (χ4n) is 3.79. The van der Waals surface area contributed by atoms with Crippen molar-refractivity contribution in [1.82, 2.24) is 25.2 Å². The van der Waals surface area contributed by atoms with E-state index in [-0.39, 0.29) is 12.5 Å². The van der Waals surface area contributed by atoms with Crippen molar-refractivity contribution in [1.29, 1.82) is 0 Å². The summed E-state index contributed by atoms with van der Waals surface area (Å²) in [6, 6.07) is 15.6. The van der Waals surface area contributed by atoms with Crippen LogP contribution in [-0.2, 0) is 20.8 Å². The first-order valence-corrected chi connectivity index (χ1v) is 13.5. The highest BCUT2D eigenvalue weighted by molar-refractivity contribution is 5.72. The molecule has 1 amide bonds. The SMILES string of the molecule is CN(CC(=O)OC(C)(C)C)Cc1cccc(Nc2ncnc(-c3cccc(NCCNC(=O)OC(C)(C)C)c3)n2)c1. The Kier molecular flexibility index (Phi) is 10.6. The average molecular weight is 564 g/mol. The third kappa shape index (κ3) is 11.8. The number of anilines is 3. The first-order chi connectivity index (χ1) is 19.3. The molecule has 0 fully saturated rings. The Labute approximate surface area is 242 Å². The van der Waals surface area contributed by atoms with E-state index in [4.69, 9.17) is 9.47 Å². The minimum Gasteiger partial charge on any atom is -0.459 e. The number of carbonyl (C=O) groups is 2. The molecule has 0 unspecified atom stereocenters. The standard InChI is InChI=1S/C30H41N7O4/c1-29(2,3)40-25(38)19-37(7)18-21-10-8-13-24(16-21)35-27-34-20-33-26(36-27)22-11-9-12-23(17-22)31-14-15-32-28(39)41-30(4,5)6/h8-13,16-17,20,31H,14-15,18-19H2,1-7H3,(H,32,39)(H,33,34,35,36). The van der Waals surface area contributed by atoms with E-state index in [0.29, 0.717) is 31.4 Å². The third-order valence-electron chi connectivity index (χ3n) is 5.27. The highest BCUT2D eigenvalue weighted by Gasteiger charge is 2.18. The van der Waals surface area contributed by atoms with Crippen LogP contribution in [0.3, 0.4) is 0 Å². The molecule has 0 spiro atoms. The van der Waals surface area contributed by atoms with Gasteiger partial charge in [-0.05, 0) is 78.4 Å². The monoisotopic (exact) mass is 563 g/mol. The number of esters is 1. The van der Waals surface area contributed by atoms with Gasteiger partial charge in [0.05, 0.1) is 6.54 Å². The number of hydrogen-bond donors (Lipinski definition) is 3. The molecule has 0 atom stereocenters. The summed E-state index contributed by atoms with van der Waals surface area (Å²) < 4.78 is 10.7. The van der Waals surface area contributed by atoms with Crippen LogP contribution in [0.1, 0.15) is 47.1 Å². The van der Waals surface area contributed by atoms with Crippen molar-refractivity contribution in [3.05, 3.63) is 60.4 Å². The lowest BCUT2D eigenvalue weighted by atomic mass is 10.2. The second kappa shape index (κ2) is 13.9. The van der Waals surface area contributed by atoms with E-state index in [1.807, 2.05) is 102 Å². The van der Waals surface area contributed by atoms with E-state index in [2.05, 4.69) is 30.9 Å². The van der Waals surface area contributed by atoms with Crippen LogP contribution in [0.25, 0.3) is 11.4 Å². The fraction of sp³-hybridized carbons (Fsp3) is 0.433. The molecule has 3 N–H and O–H groups in total. The van der Waals surface area contributed by atoms with Gasteiger partial charge in [-0.3, -0.25) is 9.69 Å². The molecule has 1 heterocycles. The average Bonchev–Trinajstić information content (AvgIpc) is 2.85. The number of nitrogens with zero attached hydrogens (tertiary/aromatic N) is 4. The number of aromatic nitrogens is 3. The highest BCUT2D eigenvalue weighted by atomic mass is 16.6. The molecule has 0 aliphatic carbocycles. The molecule has 1 aromatic heterocycles. The lowest BCUT2D eigenvalue weighted by molar-refractivity contribution is -0.155. The molecule has 220 valence electrons. The van der Waals surface area contributed by atoms with Gasteiger partial charge in [-0.1, -0.05) is 24.3 Å². The van der Waals surface area contributed by atoms with Gasteiger partial charge in [0.2, 0.25) is 5.95 Å². The molecule has 11 nitrogen and oxygen atoms in total. The Balaban J connectivity index is 1.57. The number of likely N-dealkylation sites (N-methyl/N-ethyl adjacent to an activating group) is 1. The molecular formula is C30H41N7O4. The first kappa shape index (κ1) is 31.3. The number of amides is 1. The molecule has 0 radical (unpaired) electrons. The van der Waals surface area contributed by atoms with E-state index in [1.54, 1.807) is 0 Å². The molecule has 0 saturated carbocycles. The smallest absolute Gasteiger partial charge is 0.407 e. The summed E-state index contributed by atoms with van der Waals surface area (Å²) >= 11 is 0. The number of rotatable bonds is 11. The van der Waals surface area contributed by atoms with Crippen molar-refractivity contribution in [3.8, 4) is 11.4 Å². The summed E-state index contributed by atoms with van der Waals surface area (Å²) in [7, 11) is 1.88. The summed E-state index contributed by atoms with van der Waals surface area (Å²) in [5, 5.41) is 9.25. The van der Waals surface area contributed by atoms with Gasteiger partial charge in [0, 0.05) is 36.6 Å². The van der Waals surface area contributed by atoms with E-state index in [9.17, 15) is 9.59 Å². The number of benzene rings is 2. The van der Waals surface area contributed by atoms with Gasteiger partial charge >= 0.3 is 12.1 Å². The number of nitrogens with one attached hydrogen (secondary N) is 3. The van der Waals surface area contributed by atoms with Crippen LogP contribution >= 0.6 is 0 Å². The number of ether oxygens (including phenoxy) is 2. The zero-order valence-electron chi connectivity index (χ0n) is 24.9. The Hall–Kier alpha value is -4.25. The van der Waals surface area contributed by atoms with Gasteiger partial charge < -0.3 is 25.4 Å². The van der Waals surface area contributed by atoms with Crippen LogP contribution in [-0.4, -0.2) is 69.8 Å². The van der Waals surface area contributed by atoms with Gasteiger partial charge in [-0.2, -0.15) is 4.98 Å². The van der Waals surface area contributed by atoms with Gasteiger partial charge in [0.25, 0.3) is 0 Å². The molecule has 0 aliphatic heterocycles. The predicted molar refractivity (Wildman–Crippen MR) is 160 cm³/mol. The lowest BCUT2D eigenvalue weighted by Gasteiger charge is -2.22. The van der Waals surface area contributed by atoms with Crippen LogP contribution in [0.4, 0.5) is 22.1 Å².